The van der Waals surface area contributed by atoms with E-state index in [0.717, 1.165) is 58.3 Å². The number of benzene rings is 2. The average molecular weight is 510 g/mol. The van der Waals surface area contributed by atoms with E-state index in [-0.39, 0.29) is 17.8 Å². The molecule has 1 aliphatic heterocycles. The summed E-state index contributed by atoms with van der Waals surface area (Å²) in [4.78, 5) is 20.9. The summed E-state index contributed by atoms with van der Waals surface area (Å²) in [5, 5.41) is 8.38. The van der Waals surface area contributed by atoms with E-state index in [1.807, 2.05) is 60.2 Å². The molecule has 1 atom stereocenters. The van der Waals surface area contributed by atoms with E-state index in [1.54, 1.807) is 10.6 Å². The SMILES string of the molecule is Cc1ccnc([C@@H](C2CC2)N2CCc3c(cc(Cn4ccn(C)c4=N)cc3-c3ccc(F)cc3C)C2=O)c1. The third-order valence-corrected chi connectivity index (χ3v) is 7.96. The van der Waals surface area contributed by atoms with Crippen LogP contribution in [0.1, 0.15) is 57.2 Å². The van der Waals surface area contributed by atoms with Crippen LogP contribution in [0.25, 0.3) is 11.1 Å². The van der Waals surface area contributed by atoms with Crippen LogP contribution in [0.2, 0.25) is 0 Å². The average Bonchev–Trinajstić information content (AvgIpc) is 3.67. The molecule has 6 nitrogen and oxygen atoms in total. The molecule has 2 aromatic heterocycles. The van der Waals surface area contributed by atoms with Gasteiger partial charge in [0, 0.05) is 37.7 Å². The topological polar surface area (TPSA) is 66.9 Å². The number of carbonyl (C=O) groups excluding carboxylic acids is 1. The molecule has 2 aliphatic rings. The number of nitrogens with one attached hydrogen (secondary N) is 1. The van der Waals surface area contributed by atoms with E-state index in [1.165, 1.54) is 6.07 Å². The fourth-order valence-electron chi connectivity index (χ4n) is 5.84. The minimum atomic E-state index is -0.268. The summed E-state index contributed by atoms with van der Waals surface area (Å²) in [6.45, 7) is 5.07. The molecule has 1 N–H and O–H groups in total. The molecular weight excluding hydrogens is 477 g/mol. The number of aromatic nitrogens is 3. The van der Waals surface area contributed by atoms with Crippen LogP contribution in [0.15, 0.2) is 61.1 Å². The van der Waals surface area contributed by atoms with Gasteiger partial charge in [-0.05, 0) is 109 Å². The fourth-order valence-corrected chi connectivity index (χ4v) is 5.84. The van der Waals surface area contributed by atoms with Gasteiger partial charge in [-0.2, -0.15) is 0 Å². The molecule has 7 heteroatoms. The number of fused-ring (bicyclic) bond motifs is 1. The highest BCUT2D eigenvalue weighted by Crippen LogP contribution is 2.46. The van der Waals surface area contributed by atoms with Gasteiger partial charge in [0.15, 0.2) is 0 Å². The molecule has 6 rings (SSSR count). The van der Waals surface area contributed by atoms with Gasteiger partial charge in [0.05, 0.1) is 18.3 Å². The van der Waals surface area contributed by atoms with Gasteiger partial charge < -0.3 is 14.0 Å². The second kappa shape index (κ2) is 9.39. The van der Waals surface area contributed by atoms with E-state index >= 15 is 0 Å². The molecule has 2 aromatic carbocycles. The van der Waals surface area contributed by atoms with Gasteiger partial charge in [-0.25, -0.2) is 4.39 Å². The largest absolute Gasteiger partial charge is 0.329 e. The third-order valence-electron chi connectivity index (χ3n) is 7.96. The molecule has 0 spiro atoms. The Kier molecular flexibility index (Phi) is 6.01. The predicted octanol–water partition coefficient (Wildman–Crippen LogP) is 5.32. The number of carbonyl (C=O) groups is 1. The van der Waals surface area contributed by atoms with Crippen molar-refractivity contribution in [2.24, 2.45) is 13.0 Å². The molecule has 3 heterocycles. The molecule has 38 heavy (non-hydrogen) atoms. The first kappa shape index (κ1) is 24.3. The lowest BCUT2D eigenvalue weighted by Crippen LogP contribution is -2.42. The Bertz CT molecular complexity index is 1610. The maximum Gasteiger partial charge on any atom is 0.254 e. The summed E-state index contributed by atoms with van der Waals surface area (Å²) in [6, 6.07) is 13.0. The number of pyridine rings is 1. The zero-order chi connectivity index (χ0) is 26.6. The minimum absolute atomic E-state index is 0.0264. The maximum absolute atomic E-state index is 14.2. The fraction of sp³-hybridized carbons (Fsp3) is 0.323. The molecular formula is C31H32FN5O. The molecule has 1 amide bonds. The van der Waals surface area contributed by atoms with Crippen molar-refractivity contribution in [3.8, 4) is 11.1 Å². The molecule has 1 aliphatic carbocycles. The third kappa shape index (κ3) is 4.36. The standard InChI is InChI=1S/C31H32FN5O/c1-19-8-10-34-28(14-19)29(22-4-5-22)37-11-9-25-26(24-7-6-23(32)15-20(24)2)16-21(17-27(25)30(37)38)18-36-13-12-35(3)31(36)33/h6-8,10,12-17,22,29,33H,4-5,9,11,18H2,1-3H3/t29-/m1/s1. The van der Waals surface area contributed by atoms with Crippen molar-refractivity contribution in [2.45, 2.75) is 45.7 Å². The number of nitrogens with zero attached hydrogens (tertiary/aromatic N) is 4. The molecule has 4 aromatic rings. The first-order chi connectivity index (χ1) is 18.3. The Morgan fingerprint density at radius 2 is 1.84 bits per heavy atom. The van der Waals surface area contributed by atoms with Gasteiger partial charge in [-0.1, -0.05) is 6.07 Å². The molecule has 194 valence electrons. The van der Waals surface area contributed by atoms with Gasteiger partial charge in [0.25, 0.3) is 5.91 Å². The zero-order valence-electron chi connectivity index (χ0n) is 22.0. The van der Waals surface area contributed by atoms with Gasteiger partial charge in [-0.15, -0.1) is 0 Å². The van der Waals surface area contributed by atoms with Gasteiger partial charge in [0.1, 0.15) is 5.82 Å². The lowest BCUT2D eigenvalue weighted by molar-refractivity contribution is 0.0627. The Balaban J connectivity index is 1.47. The number of halogens is 1. The smallest absolute Gasteiger partial charge is 0.254 e. The van der Waals surface area contributed by atoms with E-state index in [0.29, 0.717) is 30.2 Å². The van der Waals surface area contributed by atoms with Crippen molar-refractivity contribution in [1.29, 1.82) is 5.41 Å². The van der Waals surface area contributed by atoms with Gasteiger partial charge in [-0.3, -0.25) is 15.2 Å². The molecule has 0 bridgehead atoms. The highest BCUT2D eigenvalue weighted by Gasteiger charge is 2.41. The minimum Gasteiger partial charge on any atom is -0.329 e. The normalized spacial score (nSPS) is 16.0. The predicted molar refractivity (Wildman–Crippen MR) is 144 cm³/mol. The number of hydrogen-bond donors (Lipinski definition) is 1. The molecule has 1 saturated carbocycles. The van der Waals surface area contributed by atoms with Crippen molar-refractivity contribution < 1.29 is 9.18 Å². The Morgan fingerprint density at radius 3 is 2.53 bits per heavy atom. The van der Waals surface area contributed by atoms with E-state index in [4.69, 9.17) is 5.41 Å². The van der Waals surface area contributed by atoms with Crippen molar-refractivity contribution in [1.82, 2.24) is 19.0 Å². The van der Waals surface area contributed by atoms with Crippen LogP contribution < -0.4 is 5.62 Å². The zero-order valence-corrected chi connectivity index (χ0v) is 22.0. The van der Waals surface area contributed by atoms with Crippen molar-refractivity contribution >= 4 is 5.91 Å². The monoisotopic (exact) mass is 509 g/mol. The van der Waals surface area contributed by atoms with Gasteiger partial charge in [0.2, 0.25) is 5.62 Å². The van der Waals surface area contributed by atoms with E-state index < -0.39 is 0 Å². The van der Waals surface area contributed by atoms with Crippen molar-refractivity contribution in [3.63, 3.8) is 0 Å². The summed E-state index contributed by atoms with van der Waals surface area (Å²) in [6.07, 6.45) is 8.51. The maximum atomic E-state index is 14.2. The number of hydrogen-bond acceptors (Lipinski definition) is 3. The summed E-state index contributed by atoms with van der Waals surface area (Å²) < 4.78 is 17.6. The Morgan fingerprint density at radius 1 is 1.05 bits per heavy atom. The van der Waals surface area contributed by atoms with E-state index in [2.05, 4.69) is 24.0 Å². The second-order valence-corrected chi connectivity index (χ2v) is 10.8. The van der Waals surface area contributed by atoms with Crippen LogP contribution in [-0.4, -0.2) is 31.5 Å². The van der Waals surface area contributed by atoms with Crippen LogP contribution in [0.3, 0.4) is 0 Å². The molecule has 0 radical (unpaired) electrons. The number of amides is 1. The number of aryl methyl sites for hydroxylation is 3. The Labute approximate surface area is 221 Å². The van der Waals surface area contributed by atoms with E-state index in [9.17, 15) is 9.18 Å². The van der Waals surface area contributed by atoms with Crippen LogP contribution in [0, 0.1) is 31.0 Å². The molecule has 1 fully saturated rings. The van der Waals surface area contributed by atoms with Crippen LogP contribution in [0.5, 0.6) is 0 Å². The lowest BCUT2D eigenvalue weighted by atomic mass is 9.86. The highest BCUT2D eigenvalue weighted by atomic mass is 19.1. The van der Waals surface area contributed by atoms with Crippen molar-refractivity contribution in [3.05, 3.63) is 106 Å². The highest BCUT2D eigenvalue weighted by molar-refractivity contribution is 5.99. The molecule has 0 saturated heterocycles. The summed E-state index contributed by atoms with van der Waals surface area (Å²) in [5.74, 6) is 0.191. The van der Waals surface area contributed by atoms with Crippen LogP contribution >= 0.6 is 0 Å². The summed E-state index contributed by atoms with van der Waals surface area (Å²) in [5.41, 5.74) is 7.91. The summed E-state index contributed by atoms with van der Waals surface area (Å²) in [7, 11) is 1.84. The Hall–Kier alpha value is -4.00. The molecule has 0 unspecified atom stereocenters. The van der Waals surface area contributed by atoms with Crippen LogP contribution in [0.4, 0.5) is 4.39 Å². The number of imidazole rings is 1. The van der Waals surface area contributed by atoms with Gasteiger partial charge >= 0.3 is 0 Å². The summed E-state index contributed by atoms with van der Waals surface area (Å²) >= 11 is 0. The second-order valence-electron chi connectivity index (χ2n) is 10.8. The first-order valence-electron chi connectivity index (χ1n) is 13.2. The van der Waals surface area contributed by atoms with Crippen LogP contribution in [-0.2, 0) is 20.0 Å². The quantitative estimate of drug-likeness (QED) is 0.382. The lowest BCUT2D eigenvalue weighted by Gasteiger charge is -2.36. The van der Waals surface area contributed by atoms with Crippen molar-refractivity contribution in [2.75, 3.05) is 6.54 Å². The number of rotatable bonds is 6. The first-order valence-corrected chi connectivity index (χ1v) is 13.2.